The summed E-state index contributed by atoms with van der Waals surface area (Å²) in [5.74, 6) is -0.166. The fourth-order valence-corrected chi connectivity index (χ4v) is 2.24. The normalized spacial score (nSPS) is 11.3. The molecule has 0 radical (unpaired) electrons. The number of sulfonamides is 1. The second-order valence-electron chi connectivity index (χ2n) is 3.69. The molecule has 0 aromatic heterocycles. The van der Waals surface area contributed by atoms with Gasteiger partial charge in [0.1, 0.15) is 5.75 Å². The summed E-state index contributed by atoms with van der Waals surface area (Å²) in [5.41, 5.74) is 0. The van der Waals surface area contributed by atoms with Crippen molar-refractivity contribution in [1.29, 1.82) is 0 Å². The van der Waals surface area contributed by atoms with Crippen molar-refractivity contribution in [1.82, 2.24) is 0 Å². The molecule has 0 aliphatic rings. The van der Waals surface area contributed by atoms with Crippen LogP contribution in [-0.2, 0) is 10.0 Å². The molecule has 0 heterocycles. The second kappa shape index (κ2) is 5.28. The van der Waals surface area contributed by atoms with Crippen LogP contribution in [0.15, 0.2) is 51.8 Å². The van der Waals surface area contributed by atoms with Gasteiger partial charge in [-0.2, -0.15) is 0 Å². The Morgan fingerprint density at radius 1 is 1.11 bits per heavy atom. The van der Waals surface area contributed by atoms with E-state index in [1.165, 1.54) is 36.4 Å². The van der Waals surface area contributed by atoms with Crippen LogP contribution in [-0.4, -0.2) is 8.42 Å². The average molecular weight is 346 g/mol. The maximum atomic E-state index is 13.5. The molecular formula is C12H9BrFNO3S. The highest BCUT2D eigenvalue weighted by atomic mass is 79.9. The van der Waals surface area contributed by atoms with E-state index in [-0.39, 0.29) is 10.6 Å². The van der Waals surface area contributed by atoms with Gasteiger partial charge in [-0.15, -0.1) is 0 Å². The molecule has 2 aromatic carbocycles. The van der Waals surface area contributed by atoms with Gasteiger partial charge in [-0.1, -0.05) is 15.9 Å². The van der Waals surface area contributed by atoms with E-state index in [1.807, 2.05) is 0 Å². The molecule has 2 aromatic rings. The van der Waals surface area contributed by atoms with Crippen molar-refractivity contribution < 1.29 is 17.5 Å². The van der Waals surface area contributed by atoms with Crippen LogP contribution in [0.2, 0.25) is 0 Å². The lowest BCUT2D eigenvalue weighted by atomic mass is 10.3. The van der Waals surface area contributed by atoms with Gasteiger partial charge < -0.3 is 4.74 Å². The molecule has 0 fully saturated rings. The predicted molar refractivity (Wildman–Crippen MR) is 72.0 cm³/mol. The average Bonchev–Trinajstić information content (AvgIpc) is 2.33. The van der Waals surface area contributed by atoms with Crippen LogP contribution in [0.3, 0.4) is 0 Å². The van der Waals surface area contributed by atoms with E-state index in [0.29, 0.717) is 10.2 Å². The predicted octanol–water partition coefficient (Wildman–Crippen LogP) is 3.03. The largest absolute Gasteiger partial charge is 0.454 e. The number of ether oxygens (including phenoxy) is 1. The summed E-state index contributed by atoms with van der Waals surface area (Å²) in [4.78, 5) is -0.0328. The van der Waals surface area contributed by atoms with E-state index in [4.69, 9.17) is 9.88 Å². The molecule has 0 bridgehead atoms. The Labute approximate surface area is 118 Å². The number of rotatable bonds is 3. The van der Waals surface area contributed by atoms with Crippen LogP contribution in [0.5, 0.6) is 11.5 Å². The van der Waals surface area contributed by atoms with Gasteiger partial charge in [-0.05, 0) is 42.5 Å². The molecule has 0 aliphatic carbocycles. The van der Waals surface area contributed by atoms with E-state index in [0.717, 1.165) is 0 Å². The van der Waals surface area contributed by atoms with Crippen LogP contribution in [0.4, 0.5) is 4.39 Å². The van der Waals surface area contributed by atoms with Gasteiger partial charge in [0.2, 0.25) is 10.0 Å². The van der Waals surface area contributed by atoms with Gasteiger partial charge in [0.05, 0.1) is 4.90 Å². The molecule has 0 amide bonds. The van der Waals surface area contributed by atoms with Gasteiger partial charge in [-0.25, -0.2) is 17.9 Å². The van der Waals surface area contributed by atoms with E-state index in [2.05, 4.69) is 15.9 Å². The highest BCUT2D eigenvalue weighted by Crippen LogP contribution is 2.27. The smallest absolute Gasteiger partial charge is 0.238 e. The quantitative estimate of drug-likeness (QED) is 0.929. The number of nitrogens with two attached hydrogens (primary N) is 1. The first-order chi connectivity index (χ1) is 8.86. The van der Waals surface area contributed by atoms with Gasteiger partial charge in [0.15, 0.2) is 11.6 Å². The number of benzene rings is 2. The van der Waals surface area contributed by atoms with Crippen LogP contribution >= 0.6 is 15.9 Å². The monoisotopic (exact) mass is 345 g/mol. The van der Waals surface area contributed by atoms with E-state index < -0.39 is 15.8 Å². The Morgan fingerprint density at radius 2 is 1.74 bits per heavy atom. The summed E-state index contributed by atoms with van der Waals surface area (Å²) in [5, 5.41) is 4.97. The molecule has 2 rings (SSSR count). The van der Waals surface area contributed by atoms with E-state index >= 15 is 0 Å². The molecule has 4 nitrogen and oxygen atoms in total. The zero-order valence-corrected chi connectivity index (χ0v) is 11.9. The summed E-state index contributed by atoms with van der Waals surface area (Å²) in [6.45, 7) is 0. The van der Waals surface area contributed by atoms with Gasteiger partial charge in [0.25, 0.3) is 0 Å². The number of hydrogen-bond donors (Lipinski definition) is 1. The van der Waals surface area contributed by atoms with Gasteiger partial charge >= 0.3 is 0 Å². The third-order valence-corrected chi connectivity index (χ3v) is 3.70. The zero-order valence-electron chi connectivity index (χ0n) is 9.51. The van der Waals surface area contributed by atoms with Gasteiger partial charge in [-0.3, -0.25) is 0 Å². The summed E-state index contributed by atoms with van der Waals surface area (Å²) in [6.07, 6.45) is 0. The molecular weight excluding hydrogens is 337 g/mol. The molecule has 19 heavy (non-hydrogen) atoms. The minimum Gasteiger partial charge on any atom is -0.454 e. The lowest BCUT2D eigenvalue weighted by Gasteiger charge is -2.07. The minimum absolute atomic E-state index is 0.0328. The fraction of sp³-hybridized carbons (Fsp3) is 0. The summed E-state index contributed by atoms with van der Waals surface area (Å²) < 4.78 is 41.6. The molecule has 0 saturated heterocycles. The van der Waals surface area contributed by atoms with Crippen LogP contribution in [0.25, 0.3) is 0 Å². The first-order valence-electron chi connectivity index (χ1n) is 5.12. The molecule has 0 saturated carbocycles. The third kappa shape index (κ3) is 3.52. The van der Waals surface area contributed by atoms with Crippen molar-refractivity contribution in [2.45, 2.75) is 4.90 Å². The molecule has 0 unspecified atom stereocenters. The van der Waals surface area contributed by atoms with Crippen molar-refractivity contribution in [3.8, 4) is 11.5 Å². The van der Waals surface area contributed by atoms with Crippen LogP contribution < -0.4 is 9.88 Å². The standard InChI is InChI=1S/C12H9BrFNO3S/c13-8-1-6-11(14)12(7-8)18-9-2-4-10(5-3-9)19(15,16)17/h1-7H,(H2,15,16,17). The Bertz CT molecular complexity index is 701. The maximum absolute atomic E-state index is 13.5. The molecule has 0 spiro atoms. The molecule has 7 heteroatoms. The van der Waals surface area contributed by atoms with Crippen molar-refractivity contribution in [3.05, 3.63) is 52.8 Å². The third-order valence-electron chi connectivity index (χ3n) is 2.27. The fourth-order valence-electron chi connectivity index (χ4n) is 1.38. The number of primary sulfonamides is 1. The molecule has 0 aliphatic heterocycles. The van der Waals surface area contributed by atoms with Crippen molar-refractivity contribution in [2.75, 3.05) is 0 Å². The Kier molecular flexibility index (Phi) is 3.88. The van der Waals surface area contributed by atoms with Gasteiger partial charge in [0, 0.05) is 4.47 Å². The summed E-state index contributed by atoms with van der Waals surface area (Å²) in [7, 11) is -3.74. The Hall–Kier alpha value is -1.44. The van der Waals surface area contributed by atoms with Crippen molar-refractivity contribution in [3.63, 3.8) is 0 Å². The first-order valence-corrected chi connectivity index (χ1v) is 7.46. The van der Waals surface area contributed by atoms with Crippen molar-refractivity contribution >= 4 is 26.0 Å². The number of hydrogen-bond acceptors (Lipinski definition) is 3. The minimum atomic E-state index is -3.74. The van der Waals surface area contributed by atoms with Crippen LogP contribution in [0.1, 0.15) is 0 Å². The lowest BCUT2D eigenvalue weighted by Crippen LogP contribution is -2.11. The lowest BCUT2D eigenvalue weighted by molar-refractivity contribution is 0.441. The summed E-state index contributed by atoms with van der Waals surface area (Å²) >= 11 is 3.20. The zero-order chi connectivity index (χ0) is 14.0. The molecule has 2 N–H and O–H groups in total. The maximum Gasteiger partial charge on any atom is 0.238 e. The molecule has 100 valence electrons. The molecule has 0 atom stereocenters. The SMILES string of the molecule is NS(=O)(=O)c1ccc(Oc2cc(Br)ccc2F)cc1. The highest BCUT2D eigenvalue weighted by molar-refractivity contribution is 9.10. The first kappa shape index (κ1) is 14.0. The van der Waals surface area contributed by atoms with Crippen molar-refractivity contribution in [2.24, 2.45) is 5.14 Å². The highest BCUT2D eigenvalue weighted by Gasteiger charge is 2.09. The second-order valence-corrected chi connectivity index (χ2v) is 6.17. The topological polar surface area (TPSA) is 69.4 Å². The van der Waals surface area contributed by atoms with E-state index in [9.17, 15) is 12.8 Å². The summed E-state index contributed by atoms with van der Waals surface area (Å²) in [6, 6.07) is 9.68. The Balaban J connectivity index is 2.27. The van der Waals surface area contributed by atoms with E-state index in [1.54, 1.807) is 6.07 Å². The van der Waals surface area contributed by atoms with Crippen LogP contribution in [0, 0.1) is 5.82 Å². The number of halogens is 2. The Morgan fingerprint density at radius 3 is 2.32 bits per heavy atom.